The van der Waals surface area contributed by atoms with Gasteiger partial charge >= 0.3 is 11.7 Å². The van der Waals surface area contributed by atoms with Gasteiger partial charge in [-0.3, -0.25) is 10.1 Å². The molecule has 0 radical (unpaired) electrons. The van der Waals surface area contributed by atoms with Gasteiger partial charge in [0.05, 0.1) is 37.9 Å². The molecular formula is C12H15N3O6. The highest BCUT2D eigenvalue weighted by Crippen LogP contribution is 2.29. The van der Waals surface area contributed by atoms with E-state index in [9.17, 15) is 20.0 Å². The average molecular weight is 297 g/mol. The van der Waals surface area contributed by atoms with E-state index >= 15 is 0 Å². The lowest BCUT2D eigenvalue weighted by Crippen LogP contribution is -2.48. The van der Waals surface area contributed by atoms with Crippen LogP contribution in [0, 0.1) is 10.1 Å². The normalized spacial score (nSPS) is 18.4. The predicted molar refractivity (Wildman–Crippen MR) is 71.3 cm³/mol. The van der Waals surface area contributed by atoms with Crippen LogP contribution in [0.2, 0.25) is 0 Å². The minimum absolute atomic E-state index is 0.0266. The Hall–Kier alpha value is -2.26. The summed E-state index contributed by atoms with van der Waals surface area (Å²) in [5.41, 5.74) is -0.260. The van der Waals surface area contributed by atoms with Gasteiger partial charge in [0.25, 0.3) is 0 Å². The van der Waals surface area contributed by atoms with E-state index in [2.05, 4.69) is 9.72 Å². The van der Waals surface area contributed by atoms with Gasteiger partial charge < -0.3 is 19.5 Å². The lowest BCUT2D eigenvalue weighted by Gasteiger charge is -2.34. The van der Waals surface area contributed by atoms with Crippen LogP contribution in [-0.2, 0) is 9.47 Å². The quantitative estimate of drug-likeness (QED) is 0.468. The van der Waals surface area contributed by atoms with Crippen LogP contribution in [0.5, 0.6) is 0 Å². The molecule has 1 aromatic rings. The highest BCUT2D eigenvalue weighted by molar-refractivity contribution is 5.88. The van der Waals surface area contributed by atoms with Gasteiger partial charge in [0.2, 0.25) is 5.82 Å². The van der Waals surface area contributed by atoms with E-state index in [0.29, 0.717) is 13.2 Å². The lowest BCUT2D eigenvalue weighted by molar-refractivity contribution is -0.384. The summed E-state index contributed by atoms with van der Waals surface area (Å²) < 4.78 is 9.80. The van der Waals surface area contributed by atoms with E-state index in [1.54, 1.807) is 4.90 Å². The van der Waals surface area contributed by atoms with Crippen LogP contribution in [-0.4, -0.2) is 60.5 Å². The Bertz CT molecular complexity index is 550. The second-order valence-electron chi connectivity index (χ2n) is 4.39. The zero-order chi connectivity index (χ0) is 15.4. The SMILES string of the molecule is COC(=O)c1ccc([N+](=O)[O-])c(N2CCOCC2CO)n1. The number of pyridine rings is 1. The first-order valence-corrected chi connectivity index (χ1v) is 6.27. The molecule has 1 N–H and O–H groups in total. The van der Waals surface area contributed by atoms with Gasteiger partial charge in [-0.1, -0.05) is 0 Å². The number of anilines is 1. The number of rotatable bonds is 4. The summed E-state index contributed by atoms with van der Waals surface area (Å²) in [5.74, 6) is -0.648. The zero-order valence-electron chi connectivity index (χ0n) is 11.4. The number of ether oxygens (including phenoxy) is 2. The van der Waals surface area contributed by atoms with Crippen molar-refractivity contribution in [3.8, 4) is 0 Å². The molecule has 1 aliphatic rings. The number of carbonyl (C=O) groups is 1. The fraction of sp³-hybridized carbons (Fsp3) is 0.500. The molecule has 9 heteroatoms. The Morgan fingerprint density at radius 2 is 2.43 bits per heavy atom. The molecule has 2 rings (SSSR count). The Kier molecular flexibility index (Phi) is 4.66. The smallest absolute Gasteiger partial charge is 0.356 e. The van der Waals surface area contributed by atoms with Crippen molar-refractivity contribution in [1.82, 2.24) is 4.98 Å². The first-order valence-electron chi connectivity index (χ1n) is 6.27. The molecule has 0 aromatic carbocycles. The van der Waals surface area contributed by atoms with E-state index in [1.165, 1.54) is 19.2 Å². The van der Waals surface area contributed by atoms with E-state index in [-0.39, 0.29) is 30.4 Å². The summed E-state index contributed by atoms with van der Waals surface area (Å²) in [5, 5.41) is 20.5. The second kappa shape index (κ2) is 6.46. The van der Waals surface area contributed by atoms with Crippen molar-refractivity contribution >= 4 is 17.5 Å². The number of morpholine rings is 1. The highest BCUT2D eigenvalue weighted by atomic mass is 16.6. The summed E-state index contributed by atoms with van der Waals surface area (Å²) in [6, 6.07) is 2.00. The molecule has 0 spiro atoms. The molecule has 0 aliphatic carbocycles. The summed E-state index contributed by atoms with van der Waals surface area (Å²) in [6.45, 7) is 0.695. The monoisotopic (exact) mass is 297 g/mol. The maximum atomic E-state index is 11.5. The Balaban J connectivity index is 2.46. The molecule has 2 heterocycles. The maximum absolute atomic E-state index is 11.5. The number of hydrogen-bond donors (Lipinski definition) is 1. The largest absolute Gasteiger partial charge is 0.464 e. The fourth-order valence-electron chi connectivity index (χ4n) is 2.10. The first kappa shape index (κ1) is 15.1. The van der Waals surface area contributed by atoms with Crippen LogP contribution < -0.4 is 4.90 Å². The van der Waals surface area contributed by atoms with Crippen molar-refractivity contribution in [2.45, 2.75) is 6.04 Å². The molecule has 9 nitrogen and oxygen atoms in total. The number of esters is 1. The minimum atomic E-state index is -0.681. The fourth-order valence-corrected chi connectivity index (χ4v) is 2.10. The zero-order valence-corrected chi connectivity index (χ0v) is 11.4. The van der Waals surface area contributed by atoms with E-state index in [1.807, 2.05) is 0 Å². The summed E-state index contributed by atoms with van der Waals surface area (Å²) in [6.07, 6.45) is 0. The number of nitro groups is 1. The van der Waals surface area contributed by atoms with Crippen molar-refractivity contribution in [3.05, 3.63) is 27.9 Å². The third-order valence-electron chi connectivity index (χ3n) is 3.16. The standard InChI is InChI=1S/C12H15N3O6/c1-20-12(17)9-2-3-10(15(18)19)11(13-9)14-4-5-21-7-8(14)6-16/h2-3,8,16H,4-7H2,1H3. The highest BCUT2D eigenvalue weighted by Gasteiger charge is 2.30. The molecule has 0 saturated carbocycles. The van der Waals surface area contributed by atoms with Gasteiger partial charge in [-0.15, -0.1) is 0 Å². The number of aromatic nitrogens is 1. The molecular weight excluding hydrogens is 282 g/mol. The van der Waals surface area contributed by atoms with Crippen molar-refractivity contribution in [2.24, 2.45) is 0 Å². The second-order valence-corrected chi connectivity index (χ2v) is 4.39. The molecule has 1 saturated heterocycles. The number of methoxy groups -OCH3 is 1. The third kappa shape index (κ3) is 3.09. The topological polar surface area (TPSA) is 115 Å². The van der Waals surface area contributed by atoms with Gasteiger partial charge in [0.15, 0.2) is 5.69 Å². The van der Waals surface area contributed by atoms with E-state index in [0.717, 1.165) is 0 Å². The van der Waals surface area contributed by atoms with E-state index < -0.39 is 16.9 Å². The van der Waals surface area contributed by atoms with Gasteiger partial charge in [0.1, 0.15) is 0 Å². The number of nitrogens with zero attached hydrogens (tertiary/aromatic N) is 3. The first-order chi connectivity index (χ1) is 10.1. The molecule has 21 heavy (non-hydrogen) atoms. The Labute approximate surface area is 120 Å². The van der Waals surface area contributed by atoms with Crippen LogP contribution in [0.3, 0.4) is 0 Å². The Morgan fingerprint density at radius 1 is 1.67 bits per heavy atom. The molecule has 1 fully saturated rings. The van der Waals surface area contributed by atoms with E-state index in [4.69, 9.17) is 4.74 Å². The van der Waals surface area contributed by atoms with Crippen LogP contribution in [0.15, 0.2) is 12.1 Å². The van der Waals surface area contributed by atoms with Gasteiger partial charge in [-0.25, -0.2) is 9.78 Å². The van der Waals surface area contributed by atoms with Crippen molar-refractivity contribution in [3.63, 3.8) is 0 Å². The van der Waals surface area contributed by atoms with Crippen LogP contribution in [0.1, 0.15) is 10.5 Å². The van der Waals surface area contributed by atoms with Crippen molar-refractivity contribution < 1.29 is 24.3 Å². The molecule has 1 atom stereocenters. The predicted octanol–water partition coefficient (Wildman–Crippen LogP) is -0.0261. The molecule has 1 unspecified atom stereocenters. The molecule has 0 bridgehead atoms. The number of aliphatic hydroxyl groups is 1. The number of hydrogen-bond acceptors (Lipinski definition) is 8. The lowest BCUT2D eigenvalue weighted by atomic mass is 10.2. The molecule has 1 aromatic heterocycles. The van der Waals surface area contributed by atoms with Gasteiger partial charge in [0, 0.05) is 12.6 Å². The average Bonchev–Trinajstić information content (AvgIpc) is 2.53. The molecule has 1 aliphatic heterocycles. The van der Waals surface area contributed by atoms with Crippen molar-refractivity contribution in [2.75, 3.05) is 38.4 Å². The van der Waals surface area contributed by atoms with Gasteiger partial charge in [-0.2, -0.15) is 0 Å². The third-order valence-corrected chi connectivity index (χ3v) is 3.16. The summed E-state index contributed by atoms with van der Waals surface area (Å²) >= 11 is 0. The summed E-state index contributed by atoms with van der Waals surface area (Å²) in [7, 11) is 1.20. The Morgan fingerprint density at radius 3 is 3.05 bits per heavy atom. The summed E-state index contributed by atoms with van der Waals surface area (Å²) in [4.78, 5) is 27.7. The van der Waals surface area contributed by atoms with Crippen molar-refractivity contribution in [1.29, 1.82) is 0 Å². The molecule has 114 valence electrons. The molecule has 0 amide bonds. The number of aliphatic hydroxyl groups excluding tert-OH is 1. The maximum Gasteiger partial charge on any atom is 0.356 e. The van der Waals surface area contributed by atoms with Crippen LogP contribution in [0.4, 0.5) is 11.5 Å². The minimum Gasteiger partial charge on any atom is -0.464 e. The van der Waals surface area contributed by atoms with Gasteiger partial charge in [-0.05, 0) is 6.07 Å². The van der Waals surface area contributed by atoms with Crippen LogP contribution >= 0.6 is 0 Å². The van der Waals surface area contributed by atoms with Crippen LogP contribution in [0.25, 0.3) is 0 Å². The number of carbonyl (C=O) groups excluding carboxylic acids is 1.